The zero-order chi connectivity index (χ0) is 24.9. The second-order valence-electron chi connectivity index (χ2n) is 10.1. The monoisotopic (exact) mass is 499 g/mol. The van der Waals surface area contributed by atoms with Gasteiger partial charge in [-0.15, -0.1) is 11.3 Å². The number of piperazine rings is 1. The zero-order valence-electron chi connectivity index (χ0n) is 21.8. The molecule has 4 nitrogen and oxygen atoms in total. The van der Waals surface area contributed by atoms with Crippen molar-refractivity contribution >= 4 is 11.3 Å². The van der Waals surface area contributed by atoms with Gasteiger partial charge in [-0.3, -0.25) is 0 Å². The quantitative estimate of drug-likeness (QED) is 0.384. The van der Waals surface area contributed by atoms with Crippen molar-refractivity contribution in [2.24, 2.45) is 0 Å². The number of thiazole rings is 1. The molecule has 1 aromatic heterocycles. The van der Waals surface area contributed by atoms with E-state index in [4.69, 9.17) is 9.72 Å². The van der Waals surface area contributed by atoms with Crippen LogP contribution in [-0.2, 0) is 6.42 Å². The third kappa shape index (κ3) is 5.67. The smallest absolute Gasteiger partial charge is 0.135 e. The molecule has 1 fully saturated rings. The lowest BCUT2D eigenvalue weighted by Crippen LogP contribution is -2.43. The van der Waals surface area contributed by atoms with Gasteiger partial charge in [0.05, 0.1) is 16.5 Å². The number of fused-ring (bicyclic) bond motifs is 1. The Morgan fingerprint density at radius 1 is 1.19 bits per heavy atom. The molecule has 1 aliphatic carbocycles. The van der Waals surface area contributed by atoms with Crippen LogP contribution in [0.4, 0.5) is 0 Å². The second kappa shape index (κ2) is 11.6. The summed E-state index contributed by atoms with van der Waals surface area (Å²) in [5, 5.41) is 4.49. The van der Waals surface area contributed by atoms with E-state index < -0.39 is 0 Å². The van der Waals surface area contributed by atoms with Gasteiger partial charge in [-0.25, -0.2) is 4.98 Å². The predicted octanol–water partition coefficient (Wildman–Crippen LogP) is 6.35. The van der Waals surface area contributed by atoms with Crippen LogP contribution in [0.5, 0.6) is 5.75 Å². The molecule has 5 rings (SSSR count). The van der Waals surface area contributed by atoms with Crippen LogP contribution in [0.3, 0.4) is 0 Å². The Balaban J connectivity index is 1.36. The van der Waals surface area contributed by atoms with E-state index >= 15 is 0 Å². The van der Waals surface area contributed by atoms with Gasteiger partial charge in [0.15, 0.2) is 0 Å². The maximum atomic E-state index is 6.00. The predicted molar refractivity (Wildman–Crippen MR) is 151 cm³/mol. The van der Waals surface area contributed by atoms with Crippen LogP contribution < -0.4 is 10.1 Å². The maximum Gasteiger partial charge on any atom is 0.135 e. The lowest BCUT2D eigenvalue weighted by Gasteiger charge is -2.28. The van der Waals surface area contributed by atoms with E-state index in [2.05, 4.69) is 65.5 Å². The molecule has 0 radical (unpaired) electrons. The minimum atomic E-state index is 0.116. The average molecular weight is 500 g/mol. The molecular formula is C31H37N3OS. The molecule has 3 aromatic rings. The topological polar surface area (TPSA) is 37.4 Å². The second-order valence-corrected chi connectivity index (χ2v) is 11.1. The molecule has 0 bridgehead atoms. The third-order valence-electron chi connectivity index (χ3n) is 7.16. The lowest BCUT2D eigenvalue weighted by molar-refractivity contribution is 0.232. The first-order chi connectivity index (χ1) is 17.6. The average Bonchev–Trinajstić information content (AvgIpc) is 3.55. The van der Waals surface area contributed by atoms with Crippen LogP contribution >= 0.6 is 11.3 Å². The van der Waals surface area contributed by atoms with E-state index in [9.17, 15) is 0 Å². The van der Waals surface area contributed by atoms with Crippen molar-refractivity contribution in [3.8, 4) is 38.6 Å². The van der Waals surface area contributed by atoms with Gasteiger partial charge in [-0.05, 0) is 80.5 Å². The molecule has 5 heteroatoms. The van der Waals surface area contributed by atoms with Crippen LogP contribution in [0.25, 0.3) is 21.0 Å². The molecule has 0 spiro atoms. The van der Waals surface area contributed by atoms with Gasteiger partial charge < -0.3 is 15.0 Å². The minimum Gasteiger partial charge on any atom is -0.490 e. The summed E-state index contributed by atoms with van der Waals surface area (Å²) in [6.45, 7) is 12.0. The number of hydrogen-bond donors (Lipinski definition) is 1. The zero-order valence-corrected chi connectivity index (χ0v) is 22.6. The summed E-state index contributed by atoms with van der Waals surface area (Å²) in [7, 11) is 0. The first-order valence-electron chi connectivity index (χ1n) is 13.4. The Morgan fingerprint density at radius 3 is 2.86 bits per heavy atom. The van der Waals surface area contributed by atoms with Crippen molar-refractivity contribution in [3.63, 3.8) is 0 Å². The number of rotatable bonds is 7. The lowest BCUT2D eigenvalue weighted by atomic mass is 9.95. The molecule has 1 saturated heterocycles. The SMILES string of the molecule is CCC#Cc1cc(-c2ncc(-c3cccc4c3CCC4CCN3CCNCC3)s2)ccc1OC(C)C. The Bertz CT molecular complexity index is 1250. The fraction of sp³-hybridized carbons (Fsp3) is 0.452. The molecular weight excluding hydrogens is 462 g/mol. The number of nitrogens with zero attached hydrogens (tertiary/aromatic N) is 2. The Hall–Kier alpha value is -2.65. The number of hydrogen-bond acceptors (Lipinski definition) is 5. The molecule has 0 saturated carbocycles. The van der Waals surface area contributed by atoms with Gasteiger partial charge in [0.1, 0.15) is 10.8 Å². The van der Waals surface area contributed by atoms with Gasteiger partial charge in [-0.1, -0.05) is 37.0 Å². The highest BCUT2D eigenvalue weighted by Gasteiger charge is 2.26. The van der Waals surface area contributed by atoms with Crippen molar-refractivity contribution in [2.45, 2.75) is 58.5 Å². The number of ether oxygens (including phenoxy) is 1. The molecule has 2 aliphatic rings. The first kappa shape index (κ1) is 25.0. The molecule has 1 atom stereocenters. The van der Waals surface area contributed by atoms with E-state index in [0.717, 1.165) is 41.4 Å². The molecule has 1 aliphatic heterocycles. The van der Waals surface area contributed by atoms with Crippen LogP contribution in [0.1, 0.15) is 62.6 Å². The summed E-state index contributed by atoms with van der Waals surface area (Å²) in [4.78, 5) is 8.71. The number of benzene rings is 2. The summed E-state index contributed by atoms with van der Waals surface area (Å²) in [6.07, 6.45) is 6.69. The third-order valence-corrected chi connectivity index (χ3v) is 8.24. The Morgan fingerprint density at radius 2 is 2.06 bits per heavy atom. The molecule has 36 heavy (non-hydrogen) atoms. The van der Waals surface area contributed by atoms with Crippen LogP contribution in [0, 0.1) is 11.8 Å². The fourth-order valence-electron chi connectivity index (χ4n) is 5.38. The van der Waals surface area contributed by atoms with Gasteiger partial charge in [0.2, 0.25) is 0 Å². The Labute approximate surface area is 220 Å². The van der Waals surface area contributed by atoms with Gasteiger partial charge in [-0.2, -0.15) is 0 Å². The standard InChI is InChI=1S/C31H37N3OS/c1-4-5-7-24-20-25(11-13-29(24)35-22(2)3)31-33-21-30(36-31)28-9-6-8-26-23(10-12-27(26)28)14-17-34-18-15-32-16-19-34/h6,8-9,11,13,20-23,32H,4,10,12,14-19H2,1-3H3. The van der Waals surface area contributed by atoms with Gasteiger partial charge >= 0.3 is 0 Å². The summed E-state index contributed by atoms with van der Waals surface area (Å²) in [5.74, 6) is 8.01. The molecule has 0 amide bonds. The van der Waals surface area contributed by atoms with Crippen molar-refractivity contribution in [2.75, 3.05) is 32.7 Å². The highest BCUT2D eigenvalue weighted by Crippen LogP contribution is 2.43. The van der Waals surface area contributed by atoms with E-state index in [1.54, 1.807) is 16.9 Å². The summed E-state index contributed by atoms with van der Waals surface area (Å²) in [6, 6.07) is 13.2. The molecule has 188 valence electrons. The van der Waals surface area contributed by atoms with Gasteiger partial charge in [0.25, 0.3) is 0 Å². The van der Waals surface area contributed by atoms with Crippen LogP contribution in [0.15, 0.2) is 42.6 Å². The van der Waals surface area contributed by atoms with Crippen molar-refractivity contribution < 1.29 is 4.74 Å². The molecule has 2 aromatic carbocycles. The van der Waals surface area contributed by atoms with E-state index in [-0.39, 0.29) is 6.10 Å². The number of aromatic nitrogens is 1. The van der Waals surface area contributed by atoms with Crippen molar-refractivity contribution in [1.82, 2.24) is 15.2 Å². The van der Waals surface area contributed by atoms with Crippen LogP contribution in [-0.4, -0.2) is 48.7 Å². The summed E-state index contributed by atoms with van der Waals surface area (Å²) in [5.41, 5.74) is 6.50. The Kier molecular flexibility index (Phi) is 8.06. The van der Waals surface area contributed by atoms with E-state index in [1.165, 1.54) is 54.9 Å². The normalized spacial score (nSPS) is 17.6. The van der Waals surface area contributed by atoms with Crippen molar-refractivity contribution in [1.29, 1.82) is 0 Å². The summed E-state index contributed by atoms with van der Waals surface area (Å²) < 4.78 is 6.00. The molecule has 2 heterocycles. The van der Waals surface area contributed by atoms with Crippen LogP contribution in [0.2, 0.25) is 0 Å². The highest BCUT2D eigenvalue weighted by atomic mass is 32.1. The first-order valence-corrected chi connectivity index (χ1v) is 14.2. The number of nitrogens with one attached hydrogen (secondary N) is 1. The maximum absolute atomic E-state index is 6.00. The molecule has 1 unspecified atom stereocenters. The highest BCUT2D eigenvalue weighted by molar-refractivity contribution is 7.18. The fourth-order valence-corrected chi connectivity index (χ4v) is 6.34. The van der Waals surface area contributed by atoms with E-state index in [1.807, 2.05) is 19.9 Å². The van der Waals surface area contributed by atoms with Crippen molar-refractivity contribution in [3.05, 3.63) is 59.3 Å². The summed E-state index contributed by atoms with van der Waals surface area (Å²) >= 11 is 1.78. The largest absolute Gasteiger partial charge is 0.490 e. The van der Waals surface area contributed by atoms with Gasteiger partial charge in [0, 0.05) is 44.4 Å². The minimum absolute atomic E-state index is 0.116. The van der Waals surface area contributed by atoms with E-state index in [0.29, 0.717) is 5.92 Å². The molecule has 1 N–H and O–H groups in total.